The van der Waals surface area contributed by atoms with E-state index < -0.39 is 29.3 Å². The lowest BCUT2D eigenvalue weighted by atomic mass is 10.0. The summed E-state index contributed by atoms with van der Waals surface area (Å²) in [6, 6.07) is -1.22. The highest BCUT2D eigenvalue weighted by Gasteiger charge is 2.33. The minimum atomic E-state index is -0.796. The summed E-state index contributed by atoms with van der Waals surface area (Å²) in [5, 5.41) is 1.37. The first-order valence-corrected chi connectivity index (χ1v) is 6.24. The van der Waals surface area contributed by atoms with Gasteiger partial charge in [0.2, 0.25) is 5.91 Å². The minimum Gasteiger partial charge on any atom is -0.467 e. The number of methoxy groups -OCH3 is 1. The van der Waals surface area contributed by atoms with E-state index in [0.717, 1.165) is 12.8 Å². The molecule has 1 rings (SSSR count). The van der Waals surface area contributed by atoms with Crippen LogP contribution in [0.15, 0.2) is 0 Å². The van der Waals surface area contributed by atoms with Gasteiger partial charge in [-0.15, -0.1) is 11.6 Å². The van der Waals surface area contributed by atoms with E-state index >= 15 is 0 Å². The summed E-state index contributed by atoms with van der Waals surface area (Å²) in [6.07, 6.45) is 2.19. The summed E-state index contributed by atoms with van der Waals surface area (Å²) < 4.78 is 4.65. The van der Waals surface area contributed by atoms with Crippen molar-refractivity contribution in [1.29, 1.82) is 0 Å². The smallest absolute Gasteiger partial charge is 0.328 e. The number of rotatable bonds is 2. The van der Waals surface area contributed by atoms with Crippen molar-refractivity contribution < 1.29 is 19.1 Å². The first-order chi connectivity index (χ1) is 8.47. The number of hydrogen-bond acceptors (Lipinski definition) is 4. The molecule has 3 amide bonds. The van der Waals surface area contributed by atoms with E-state index in [0.29, 0.717) is 13.0 Å². The Morgan fingerprint density at radius 3 is 2.61 bits per heavy atom. The predicted octanol–water partition coefficient (Wildman–Crippen LogP) is 0.877. The van der Waals surface area contributed by atoms with Crippen LogP contribution in [0.3, 0.4) is 0 Å². The molecule has 1 N–H and O–H groups in total. The van der Waals surface area contributed by atoms with Gasteiger partial charge >= 0.3 is 12.0 Å². The van der Waals surface area contributed by atoms with Crippen LogP contribution in [0.4, 0.5) is 4.79 Å². The number of halogens is 1. The monoisotopic (exact) mass is 276 g/mol. The molecule has 0 bridgehead atoms. The first-order valence-electron chi connectivity index (χ1n) is 5.80. The van der Waals surface area contributed by atoms with Gasteiger partial charge in [-0.3, -0.25) is 10.1 Å². The second kappa shape index (κ2) is 6.58. The van der Waals surface area contributed by atoms with Crippen LogP contribution in [-0.2, 0) is 14.3 Å². The number of amides is 3. The van der Waals surface area contributed by atoms with Crippen molar-refractivity contribution in [3.05, 3.63) is 0 Å². The molecule has 18 heavy (non-hydrogen) atoms. The molecular weight excluding hydrogens is 260 g/mol. The van der Waals surface area contributed by atoms with Crippen molar-refractivity contribution in [3.63, 3.8) is 0 Å². The van der Waals surface area contributed by atoms with Gasteiger partial charge in [-0.1, -0.05) is 0 Å². The molecule has 102 valence electrons. The van der Waals surface area contributed by atoms with E-state index in [2.05, 4.69) is 10.1 Å². The number of alkyl halides is 1. The molecule has 2 unspecified atom stereocenters. The molecule has 0 aliphatic carbocycles. The number of ether oxygens (including phenoxy) is 1. The Bertz CT molecular complexity index is 346. The Labute approximate surface area is 111 Å². The van der Waals surface area contributed by atoms with E-state index in [4.69, 9.17) is 11.6 Å². The average molecular weight is 277 g/mol. The zero-order valence-corrected chi connectivity index (χ0v) is 11.2. The molecular formula is C11H17ClN2O4. The lowest BCUT2D eigenvalue weighted by Crippen LogP contribution is -2.54. The first kappa shape index (κ1) is 14.8. The third-order valence-corrected chi connectivity index (χ3v) is 3.03. The number of carbonyl (C=O) groups is 3. The molecule has 0 saturated carbocycles. The fourth-order valence-electron chi connectivity index (χ4n) is 1.83. The van der Waals surface area contributed by atoms with E-state index in [1.807, 2.05) is 0 Å². The Kier molecular flexibility index (Phi) is 5.40. The van der Waals surface area contributed by atoms with Crippen LogP contribution >= 0.6 is 11.6 Å². The average Bonchev–Trinajstić information content (AvgIpc) is 2.37. The van der Waals surface area contributed by atoms with Gasteiger partial charge in [-0.25, -0.2) is 9.59 Å². The summed E-state index contributed by atoms with van der Waals surface area (Å²) in [5.41, 5.74) is 0. The number of hydrogen-bond donors (Lipinski definition) is 1. The van der Waals surface area contributed by atoms with Gasteiger partial charge in [0.05, 0.1) is 7.11 Å². The molecule has 2 atom stereocenters. The second-order valence-electron chi connectivity index (χ2n) is 4.14. The van der Waals surface area contributed by atoms with Crippen LogP contribution in [0.5, 0.6) is 0 Å². The van der Waals surface area contributed by atoms with Crippen LogP contribution in [0.25, 0.3) is 0 Å². The van der Waals surface area contributed by atoms with Crippen molar-refractivity contribution in [1.82, 2.24) is 10.2 Å². The van der Waals surface area contributed by atoms with Gasteiger partial charge in [0.15, 0.2) is 0 Å². The zero-order valence-electron chi connectivity index (χ0n) is 10.4. The molecule has 0 aromatic rings. The third kappa shape index (κ3) is 3.60. The Morgan fingerprint density at radius 1 is 1.39 bits per heavy atom. The standard InChI is InChI=1S/C11H17ClN2O4/c1-7(12)9(15)13-11(17)14-6-4-3-5-8(14)10(16)18-2/h7-8H,3-6H2,1-2H3,(H,13,15,17). The van der Waals surface area contributed by atoms with Crippen LogP contribution < -0.4 is 5.32 Å². The van der Waals surface area contributed by atoms with Gasteiger partial charge in [0.1, 0.15) is 11.4 Å². The minimum absolute atomic E-state index is 0.426. The molecule has 7 heteroatoms. The molecule has 1 heterocycles. The fourth-order valence-corrected chi connectivity index (χ4v) is 1.89. The number of nitrogens with one attached hydrogen (secondary N) is 1. The van der Waals surface area contributed by atoms with E-state index in [1.54, 1.807) is 0 Å². The predicted molar refractivity (Wildman–Crippen MR) is 65.2 cm³/mol. The molecule has 0 radical (unpaired) electrons. The number of urea groups is 1. The Morgan fingerprint density at radius 2 is 2.06 bits per heavy atom. The van der Waals surface area contributed by atoms with Crippen molar-refractivity contribution in [3.8, 4) is 0 Å². The highest BCUT2D eigenvalue weighted by atomic mass is 35.5. The van der Waals surface area contributed by atoms with E-state index in [-0.39, 0.29) is 0 Å². The molecule has 1 aliphatic heterocycles. The quantitative estimate of drug-likeness (QED) is 0.600. The number of imide groups is 1. The number of nitrogens with zero attached hydrogens (tertiary/aromatic N) is 1. The maximum absolute atomic E-state index is 11.9. The molecule has 0 spiro atoms. The summed E-state index contributed by atoms with van der Waals surface area (Å²) in [5.74, 6) is -1.04. The molecule has 1 aliphatic rings. The molecule has 0 aromatic heterocycles. The summed E-state index contributed by atoms with van der Waals surface area (Å²) >= 11 is 5.56. The summed E-state index contributed by atoms with van der Waals surface area (Å²) in [6.45, 7) is 1.90. The maximum Gasteiger partial charge on any atom is 0.328 e. The molecule has 1 fully saturated rings. The van der Waals surface area contributed by atoms with E-state index in [1.165, 1.54) is 18.9 Å². The second-order valence-corrected chi connectivity index (χ2v) is 4.79. The van der Waals surface area contributed by atoms with E-state index in [9.17, 15) is 14.4 Å². The molecule has 6 nitrogen and oxygen atoms in total. The van der Waals surface area contributed by atoms with Crippen molar-refractivity contribution in [2.45, 2.75) is 37.6 Å². The number of carbonyl (C=O) groups excluding carboxylic acids is 3. The van der Waals surface area contributed by atoms with Crippen LogP contribution in [-0.4, -0.2) is 47.9 Å². The highest BCUT2D eigenvalue weighted by Crippen LogP contribution is 2.18. The normalized spacial score (nSPS) is 21.1. The molecule has 0 aromatic carbocycles. The SMILES string of the molecule is COC(=O)C1CCCCN1C(=O)NC(=O)C(C)Cl. The van der Waals surface area contributed by atoms with Crippen LogP contribution in [0, 0.1) is 0 Å². The Hall–Kier alpha value is -1.30. The van der Waals surface area contributed by atoms with Crippen molar-refractivity contribution in [2.24, 2.45) is 0 Å². The van der Waals surface area contributed by atoms with Crippen molar-refractivity contribution >= 4 is 29.5 Å². The largest absolute Gasteiger partial charge is 0.467 e. The lowest BCUT2D eigenvalue weighted by Gasteiger charge is -2.33. The van der Waals surface area contributed by atoms with Crippen LogP contribution in [0.1, 0.15) is 26.2 Å². The fraction of sp³-hybridized carbons (Fsp3) is 0.727. The zero-order chi connectivity index (χ0) is 13.7. The van der Waals surface area contributed by atoms with Gasteiger partial charge in [-0.05, 0) is 26.2 Å². The number of piperidine rings is 1. The van der Waals surface area contributed by atoms with Crippen molar-refractivity contribution in [2.75, 3.05) is 13.7 Å². The third-order valence-electron chi connectivity index (χ3n) is 2.83. The number of likely N-dealkylation sites (tertiary alicyclic amines) is 1. The Balaban J connectivity index is 2.68. The van der Waals surface area contributed by atoms with Gasteiger partial charge < -0.3 is 9.64 Å². The highest BCUT2D eigenvalue weighted by molar-refractivity contribution is 6.31. The topological polar surface area (TPSA) is 75.7 Å². The van der Waals surface area contributed by atoms with Gasteiger partial charge in [-0.2, -0.15) is 0 Å². The lowest BCUT2D eigenvalue weighted by molar-refractivity contribution is -0.147. The van der Waals surface area contributed by atoms with Gasteiger partial charge in [0, 0.05) is 6.54 Å². The summed E-state index contributed by atoms with van der Waals surface area (Å²) in [4.78, 5) is 36.1. The summed E-state index contributed by atoms with van der Waals surface area (Å²) in [7, 11) is 1.28. The number of esters is 1. The van der Waals surface area contributed by atoms with Crippen LogP contribution in [0.2, 0.25) is 0 Å². The maximum atomic E-state index is 11.9. The van der Waals surface area contributed by atoms with Gasteiger partial charge in [0.25, 0.3) is 0 Å². The molecule has 1 saturated heterocycles.